The van der Waals surface area contributed by atoms with Crippen LogP contribution in [-0.2, 0) is 11.2 Å². The molecule has 1 aromatic heterocycles. The topological polar surface area (TPSA) is 62.5 Å². The average molecular weight is 287 g/mol. The molecule has 1 aromatic carbocycles. The van der Waals surface area contributed by atoms with Crippen LogP contribution in [0.4, 0.5) is 0 Å². The van der Waals surface area contributed by atoms with Crippen molar-refractivity contribution in [1.29, 1.82) is 0 Å². The number of aliphatic hydroxyl groups is 1. The lowest BCUT2D eigenvalue weighted by atomic mass is 10.1. The van der Waals surface area contributed by atoms with Gasteiger partial charge in [-0.05, 0) is 31.5 Å². The predicted octanol–water partition coefficient (Wildman–Crippen LogP) is 2.76. The first-order valence-corrected chi connectivity index (χ1v) is 7.11. The summed E-state index contributed by atoms with van der Waals surface area (Å²) >= 11 is 0. The highest BCUT2D eigenvalue weighted by Gasteiger charge is 2.16. The fourth-order valence-electron chi connectivity index (χ4n) is 2.21. The number of furan rings is 1. The Kier molecular flexibility index (Phi) is 5.17. The monoisotopic (exact) mass is 287 g/mol. The van der Waals surface area contributed by atoms with E-state index in [4.69, 9.17) is 4.42 Å². The van der Waals surface area contributed by atoms with Crippen molar-refractivity contribution in [1.82, 2.24) is 5.32 Å². The molecule has 0 saturated carbocycles. The minimum absolute atomic E-state index is 0.0435. The van der Waals surface area contributed by atoms with Crippen molar-refractivity contribution < 1.29 is 14.3 Å². The molecule has 2 N–H and O–H groups in total. The lowest BCUT2D eigenvalue weighted by Gasteiger charge is -2.16. The first-order chi connectivity index (χ1) is 10.0. The van der Waals surface area contributed by atoms with Gasteiger partial charge >= 0.3 is 0 Å². The predicted molar refractivity (Wildman–Crippen MR) is 80.8 cm³/mol. The summed E-state index contributed by atoms with van der Waals surface area (Å²) in [6.07, 6.45) is 1.60. The lowest BCUT2D eigenvalue weighted by Crippen LogP contribution is -2.34. The molecule has 4 heteroatoms. The Balaban J connectivity index is 1.80. The Labute approximate surface area is 124 Å². The highest BCUT2D eigenvalue weighted by atomic mass is 16.4. The van der Waals surface area contributed by atoms with E-state index in [1.54, 1.807) is 12.1 Å². The Morgan fingerprint density at radius 3 is 2.62 bits per heavy atom. The van der Waals surface area contributed by atoms with E-state index in [0.29, 0.717) is 18.6 Å². The second-order valence-electron chi connectivity index (χ2n) is 5.40. The van der Waals surface area contributed by atoms with Crippen LogP contribution in [0.25, 0.3) is 0 Å². The van der Waals surface area contributed by atoms with E-state index >= 15 is 0 Å². The fraction of sp³-hybridized carbons (Fsp3) is 0.353. The molecular formula is C17H21NO3. The summed E-state index contributed by atoms with van der Waals surface area (Å²) < 4.78 is 5.15. The van der Waals surface area contributed by atoms with E-state index in [-0.39, 0.29) is 11.9 Å². The van der Waals surface area contributed by atoms with Gasteiger partial charge in [-0.3, -0.25) is 4.79 Å². The molecule has 2 atom stereocenters. The van der Waals surface area contributed by atoms with Crippen LogP contribution < -0.4 is 5.32 Å². The third kappa shape index (κ3) is 4.76. The van der Waals surface area contributed by atoms with Gasteiger partial charge in [-0.2, -0.15) is 0 Å². The zero-order valence-electron chi connectivity index (χ0n) is 12.4. The second-order valence-corrected chi connectivity index (χ2v) is 5.40. The van der Waals surface area contributed by atoms with Crippen molar-refractivity contribution in [2.45, 2.75) is 38.8 Å². The number of aliphatic hydroxyl groups excluding tert-OH is 1. The van der Waals surface area contributed by atoms with Crippen LogP contribution in [0, 0.1) is 6.92 Å². The average Bonchev–Trinajstić information content (AvgIpc) is 2.95. The van der Waals surface area contributed by atoms with Crippen LogP contribution in [0.5, 0.6) is 0 Å². The van der Waals surface area contributed by atoms with Crippen molar-refractivity contribution in [2.75, 3.05) is 0 Å². The second kappa shape index (κ2) is 7.09. The molecule has 2 unspecified atom stereocenters. The van der Waals surface area contributed by atoms with Gasteiger partial charge in [-0.1, -0.05) is 29.8 Å². The van der Waals surface area contributed by atoms with Gasteiger partial charge in [0, 0.05) is 12.5 Å². The third-order valence-electron chi connectivity index (χ3n) is 3.34. The number of hydrogen-bond donors (Lipinski definition) is 2. The van der Waals surface area contributed by atoms with Crippen molar-refractivity contribution in [2.24, 2.45) is 0 Å². The quantitative estimate of drug-likeness (QED) is 0.858. The summed E-state index contributed by atoms with van der Waals surface area (Å²) in [6, 6.07) is 11.2. The number of nitrogens with one attached hydrogen (secondary N) is 1. The van der Waals surface area contributed by atoms with E-state index in [9.17, 15) is 9.90 Å². The summed E-state index contributed by atoms with van der Waals surface area (Å²) in [5.74, 6) is 0.479. The summed E-state index contributed by atoms with van der Waals surface area (Å²) in [7, 11) is 0. The van der Waals surface area contributed by atoms with Gasteiger partial charge in [0.05, 0.1) is 12.7 Å². The maximum absolute atomic E-state index is 12.0. The Hall–Kier alpha value is -2.07. The van der Waals surface area contributed by atoms with Gasteiger partial charge in [0.1, 0.15) is 11.9 Å². The van der Waals surface area contributed by atoms with Crippen LogP contribution in [-0.4, -0.2) is 17.1 Å². The van der Waals surface area contributed by atoms with E-state index in [1.165, 1.54) is 11.8 Å². The van der Waals surface area contributed by atoms with Crippen molar-refractivity contribution >= 4 is 5.91 Å². The summed E-state index contributed by atoms with van der Waals surface area (Å²) in [4.78, 5) is 12.0. The molecule has 21 heavy (non-hydrogen) atoms. The van der Waals surface area contributed by atoms with Gasteiger partial charge in [0.25, 0.3) is 0 Å². The Morgan fingerprint density at radius 2 is 2.00 bits per heavy atom. The maximum atomic E-state index is 12.0. The number of hydrogen-bond acceptors (Lipinski definition) is 3. The number of aryl methyl sites for hydroxylation is 1. The number of carbonyl (C=O) groups excluding carboxylic acids is 1. The number of carbonyl (C=O) groups is 1. The normalized spacial score (nSPS) is 13.7. The van der Waals surface area contributed by atoms with Gasteiger partial charge in [-0.15, -0.1) is 0 Å². The molecule has 0 fully saturated rings. The summed E-state index contributed by atoms with van der Waals surface area (Å²) in [5.41, 5.74) is 2.16. The Morgan fingerprint density at radius 1 is 1.29 bits per heavy atom. The fourth-order valence-corrected chi connectivity index (χ4v) is 2.21. The minimum atomic E-state index is -0.699. The highest BCUT2D eigenvalue weighted by molar-refractivity contribution is 5.78. The Bertz CT molecular complexity index is 560. The summed E-state index contributed by atoms with van der Waals surface area (Å²) in [5, 5.41) is 12.9. The van der Waals surface area contributed by atoms with Gasteiger partial charge in [0.2, 0.25) is 5.91 Å². The molecule has 1 heterocycles. The van der Waals surface area contributed by atoms with Crippen LogP contribution in [0.2, 0.25) is 0 Å². The van der Waals surface area contributed by atoms with Crippen molar-refractivity contribution in [3.63, 3.8) is 0 Å². The number of rotatable bonds is 6. The van der Waals surface area contributed by atoms with Crippen LogP contribution in [0.1, 0.15) is 36.3 Å². The zero-order chi connectivity index (χ0) is 15.2. The summed E-state index contributed by atoms with van der Waals surface area (Å²) in [6.45, 7) is 3.89. The number of amides is 1. The molecule has 0 radical (unpaired) electrons. The first kappa shape index (κ1) is 15.3. The molecule has 0 aliphatic rings. The zero-order valence-corrected chi connectivity index (χ0v) is 12.4. The highest BCUT2D eigenvalue weighted by Crippen LogP contribution is 2.18. The van der Waals surface area contributed by atoms with E-state index in [2.05, 4.69) is 5.32 Å². The SMILES string of the molecule is Cc1ccc(CC(=O)NC(C)CC(O)c2ccco2)cc1. The molecule has 0 spiro atoms. The minimum Gasteiger partial charge on any atom is -0.467 e. The molecule has 0 aliphatic carbocycles. The van der Waals surface area contributed by atoms with Crippen LogP contribution >= 0.6 is 0 Å². The molecular weight excluding hydrogens is 266 g/mol. The smallest absolute Gasteiger partial charge is 0.224 e. The molecule has 0 bridgehead atoms. The lowest BCUT2D eigenvalue weighted by molar-refractivity contribution is -0.121. The van der Waals surface area contributed by atoms with Gasteiger partial charge < -0.3 is 14.8 Å². The van der Waals surface area contributed by atoms with E-state index < -0.39 is 6.10 Å². The molecule has 2 rings (SSSR count). The third-order valence-corrected chi connectivity index (χ3v) is 3.34. The maximum Gasteiger partial charge on any atom is 0.224 e. The molecule has 0 aliphatic heterocycles. The van der Waals surface area contributed by atoms with Crippen molar-refractivity contribution in [3.05, 3.63) is 59.5 Å². The standard InChI is InChI=1S/C17H21NO3/c1-12-5-7-14(8-6-12)11-17(20)18-13(2)10-15(19)16-4-3-9-21-16/h3-9,13,15,19H,10-11H2,1-2H3,(H,18,20). The molecule has 4 nitrogen and oxygen atoms in total. The molecule has 1 amide bonds. The molecule has 112 valence electrons. The first-order valence-electron chi connectivity index (χ1n) is 7.11. The van der Waals surface area contributed by atoms with E-state index in [0.717, 1.165) is 5.56 Å². The van der Waals surface area contributed by atoms with Crippen LogP contribution in [0.15, 0.2) is 47.1 Å². The number of benzene rings is 1. The van der Waals surface area contributed by atoms with Gasteiger partial charge in [0.15, 0.2) is 0 Å². The molecule has 0 saturated heterocycles. The van der Waals surface area contributed by atoms with E-state index in [1.807, 2.05) is 38.1 Å². The van der Waals surface area contributed by atoms with Gasteiger partial charge in [-0.25, -0.2) is 0 Å². The van der Waals surface area contributed by atoms with Crippen molar-refractivity contribution in [3.8, 4) is 0 Å². The largest absolute Gasteiger partial charge is 0.467 e. The van der Waals surface area contributed by atoms with Crippen LogP contribution in [0.3, 0.4) is 0 Å². The molecule has 2 aromatic rings.